The van der Waals surface area contributed by atoms with E-state index in [-0.39, 0.29) is 42.3 Å². The maximum absolute atomic E-state index is 12.6. The van der Waals surface area contributed by atoms with E-state index in [1.807, 2.05) is 13.0 Å². The van der Waals surface area contributed by atoms with Gasteiger partial charge in [-0.1, -0.05) is 77.6 Å². The molecule has 3 aliphatic heterocycles. The second kappa shape index (κ2) is 19.9. The van der Waals surface area contributed by atoms with Crippen molar-refractivity contribution in [1.29, 1.82) is 0 Å². The molecule has 0 bridgehead atoms. The number of hydrogen-bond acceptors (Lipinski definition) is 7. The van der Waals surface area contributed by atoms with Crippen molar-refractivity contribution >= 4 is 11.8 Å². The fourth-order valence-corrected chi connectivity index (χ4v) is 6.81. The van der Waals surface area contributed by atoms with Crippen molar-refractivity contribution in [2.24, 2.45) is 0 Å². The van der Waals surface area contributed by atoms with E-state index in [9.17, 15) is 19.8 Å². The van der Waals surface area contributed by atoms with Crippen LogP contribution in [0.2, 0.25) is 0 Å². The molecule has 0 aromatic heterocycles. The Morgan fingerprint density at radius 3 is 1.98 bits per heavy atom. The molecule has 0 unspecified atom stereocenters. The topological polar surface area (TPSA) is 102 Å². The zero-order valence-corrected chi connectivity index (χ0v) is 26.6. The van der Waals surface area contributed by atoms with Crippen LogP contribution in [0.25, 0.3) is 0 Å². The molecule has 3 heterocycles. The minimum atomic E-state index is -0.545. The van der Waals surface area contributed by atoms with Gasteiger partial charge in [0, 0.05) is 24.8 Å². The number of aliphatic hydroxyl groups is 2. The third kappa shape index (κ3) is 13.2. The van der Waals surface area contributed by atoms with Gasteiger partial charge in [0.1, 0.15) is 11.9 Å². The Hall–Kier alpha value is -1.28. The molecule has 0 aromatic carbocycles. The van der Waals surface area contributed by atoms with Crippen LogP contribution in [0, 0.1) is 0 Å². The van der Waals surface area contributed by atoms with Crippen molar-refractivity contribution in [2.45, 2.75) is 198 Å². The van der Waals surface area contributed by atoms with E-state index >= 15 is 0 Å². The molecule has 3 rings (SSSR count). The van der Waals surface area contributed by atoms with Gasteiger partial charge >= 0.3 is 5.97 Å². The Bertz CT molecular complexity index is 811. The molecule has 0 saturated carbocycles. The SMILES string of the molecule is CCCCCCCCCCCC[C@@H](O)[C@H]1CC[C@H]([C@H](O)CCCCC(=O)C[C@@H]2CCC[C@H](CC3=C[C@H](C)OC3=O)O2)O1. The van der Waals surface area contributed by atoms with E-state index in [4.69, 9.17) is 14.2 Å². The number of Topliss-reactive ketones (excluding diaryl/α,β-unsaturated/α-hetero) is 1. The fourth-order valence-electron chi connectivity index (χ4n) is 6.81. The highest BCUT2D eigenvalue weighted by atomic mass is 16.5. The van der Waals surface area contributed by atoms with Crippen molar-refractivity contribution in [3.8, 4) is 0 Å². The molecule has 2 fully saturated rings. The highest BCUT2D eigenvalue weighted by Crippen LogP contribution is 2.30. The molecule has 0 spiro atoms. The smallest absolute Gasteiger partial charge is 0.334 e. The van der Waals surface area contributed by atoms with E-state index in [1.165, 1.54) is 57.8 Å². The van der Waals surface area contributed by atoms with Crippen LogP contribution in [0.1, 0.15) is 155 Å². The predicted molar refractivity (Wildman–Crippen MR) is 165 cm³/mol. The summed E-state index contributed by atoms with van der Waals surface area (Å²) in [5.41, 5.74) is 0.694. The van der Waals surface area contributed by atoms with Gasteiger partial charge in [0.25, 0.3) is 0 Å². The van der Waals surface area contributed by atoms with Crippen LogP contribution in [-0.2, 0) is 23.8 Å². The average molecular weight is 593 g/mol. The summed E-state index contributed by atoms with van der Waals surface area (Å²) in [5.74, 6) is -0.0407. The quantitative estimate of drug-likeness (QED) is 0.101. The Labute approximate surface area is 255 Å². The summed E-state index contributed by atoms with van der Waals surface area (Å²) >= 11 is 0. The van der Waals surface area contributed by atoms with Gasteiger partial charge in [-0.15, -0.1) is 0 Å². The zero-order chi connectivity index (χ0) is 30.2. The van der Waals surface area contributed by atoms with Gasteiger partial charge in [-0.25, -0.2) is 4.79 Å². The van der Waals surface area contributed by atoms with E-state index in [2.05, 4.69) is 6.92 Å². The summed E-state index contributed by atoms with van der Waals surface area (Å²) in [6, 6.07) is 0. The van der Waals surface area contributed by atoms with Crippen LogP contribution in [0.3, 0.4) is 0 Å². The summed E-state index contributed by atoms with van der Waals surface area (Å²) in [6.45, 7) is 4.11. The first-order valence-electron chi connectivity index (χ1n) is 17.5. The monoisotopic (exact) mass is 592 g/mol. The third-order valence-corrected chi connectivity index (χ3v) is 9.33. The number of rotatable bonds is 22. The Balaban J connectivity index is 1.19. The highest BCUT2D eigenvalue weighted by Gasteiger charge is 2.34. The van der Waals surface area contributed by atoms with Crippen LogP contribution in [0.4, 0.5) is 0 Å². The van der Waals surface area contributed by atoms with Crippen LogP contribution >= 0.6 is 0 Å². The summed E-state index contributed by atoms with van der Waals surface area (Å²) in [6.07, 6.45) is 21.9. The first-order chi connectivity index (χ1) is 20.4. The first kappa shape index (κ1) is 35.2. The largest absolute Gasteiger partial charge is 0.455 e. The fraction of sp³-hybridized carbons (Fsp3) is 0.886. The maximum Gasteiger partial charge on any atom is 0.334 e. The van der Waals surface area contributed by atoms with Gasteiger partial charge in [-0.2, -0.15) is 0 Å². The van der Waals surface area contributed by atoms with E-state index in [0.717, 1.165) is 57.8 Å². The molecule has 2 N–H and O–H groups in total. The Kier molecular flexibility index (Phi) is 16.7. The molecular formula is C35H60O7. The molecular weight excluding hydrogens is 532 g/mol. The number of hydrogen-bond donors (Lipinski definition) is 2. The number of unbranched alkanes of at least 4 members (excludes halogenated alkanes) is 10. The molecule has 2 saturated heterocycles. The van der Waals surface area contributed by atoms with Crippen molar-refractivity contribution in [1.82, 2.24) is 0 Å². The minimum absolute atomic E-state index is 0.0283. The Morgan fingerprint density at radius 1 is 0.810 bits per heavy atom. The number of carbonyl (C=O) groups excluding carboxylic acids is 2. The number of ether oxygens (including phenoxy) is 3. The van der Waals surface area contributed by atoms with Gasteiger partial charge in [0.2, 0.25) is 0 Å². The zero-order valence-electron chi connectivity index (χ0n) is 26.6. The normalized spacial score (nSPS) is 27.6. The van der Waals surface area contributed by atoms with Gasteiger partial charge in [0.05, 0.1) is 36.6 Å². The van der Waals surface area contributed by atoms with E-state index in [1.54, 1.807) is 0 Å². The molecule has 7 nitrogen and oxygen atoms in total. The lowest BCUT2D eigenvalue weighted by molar-refractivity contribution is -0.140. The molecule has 42 heavy (non-hydrogen) atoms. The summed E-state index contributed by atoms with van der Waals surface area (Å²) in [5, 5.41) is 21.3. The third-order valence-electron chi connectivity index (χ3n) is 9.33. The lowest BCUT2D eigenvalue weighted by Gasteiger charge is -2.30. The lowest BCUT2D eigenvalue weighted by Crippen LogP contribution is -2.31. The van der Waals surface area contributed by atoms with Crippen molar-refractivity contribution in [2.75, 3.05) is 0 Å². The van der Waals surface area contributed by atoms with Gasteiger partial charge in [-0.3, -0.25) is 4.79 Å². The van der Waals surface area contributed by atoms with Crippen LogP contribution in [0.15, 0.2) is 11.6 Å². The summed E-state index contributed by atoms with van der Waals surface area (Å²) in [7, 11) is 0. The molecule has 0 aliphatic carbocycles. The summed E-state index contributed by atoms with van der Waals surface area (Å²) in [4.78, 5) is 24.5. The molecule has 3 aliphatic rings. The number of esters is 1. The highest BCUT2D eigenvalue weighted by molar-refractivity contribution is 5.90. The molecule has 0 aromatic rings. The molecule has 242 valence electrons. The summed E-state index contributed by atoms with van der Waals surface area (Å²) < 4.78 is 17.4. The number of cyclic esters (lactones) is 1. The minimum Gasteiger partial charge on any atom is -0.455 e. The number of carbonyl (C=O) groups is 2. The standard InChI is InChI=1S/C35H60O7/c1-3-4-5-6-7-8-9-10-11-12-19-31(37)33-21-22-34(42-33)32(38)20-14-13-16-28(36)25-30-18-15-17-29(41-30)24-27-23-26(2)40-35(27)39/h23,26,29-34,37-38H,3-22,24-25H2,1-2H3/t26-,29+,30-,31+,32+,33+,34+/m0/s1. The van der Waals surface area contributed by atoms with Gasteiger partial charge in [0.15, 0.2) is 0 Å². The average Bonchev–Trinajstić information content (AvgIpc) is 3.58. The molecule has 0 radical (unpaired) electrons. The molecule has 7 heteroatoms. The molecule has 7 atom stereocenters. The van der Waals surface area contributed by atoms with Crippen LogP contribution < -0.4 is 0 Å². The van der Waals surface area contributed by atoms with E-state index < -0.39 is 12.2 Å². The van der Waals surface area contributed by atoms with E-state index in [0.29, 0.717) is 31.3 Å². The lowest BCUT2D eigenvalue weighted by atomic mass is 9.95. The van der Waals surface area contributed by atoms with Crippen LogP contribution in [-0.4, -0.2) is 64.7 Å². The number of aliphatic hydroxyl groups excluding tert-OH is 2. The molecule has 0 amide bonds. The second-order valence-corrected chi connectivity index (χ2v) is 13.2. The maximum atomic E-state index is 12.6. The predicted octanol–water partition coefficient (Wildman–Crippen LogP) is 7.29. The second-order valence-electron chi connectivity index (χ2n) is 13.2. The Morgan fingerprint density at radius 2 is 1.38 bits per heavy atom. The van der Waals surface area contributed by atoms with Crippen molar-refractivity contribution in [3.63, 3.8) is 0 Å². The first-order valence-corrected chi connectivity index (χ1v) is 17.5. The van der Waals surface area contributed by atoms with Gasteiger partial charge < -0.3 is 24.4 Å². The van der Waals surface area contributed by atoms with Crippen molar-refractivity contribution < 1.29 is 34.0 Å². The van der Waals surface area contributed by atoms with Crippen LogP contribution in [0.5, 0.6) is 0 Å². The number of ketones is 1. The van der Waals surface area contributed by atoms with Gasteiger partial charge in [-0.05, 0) is 64.4 Å². The van der Waals surface area contributed by atoms with Crippen molar-refractivity contribution in [3.05, 3.63) is 11.6 Å².